The highest BCUT2D eigenvalue weighted by atomic mass is 16.7. The van der Waals surface area contributed by atoms with Crippen LogP contribution in [0.15, 0.2) is 0 Å². The zero-order valence-corrected chi connectivity index (χ0v) is 8.57. The van der Waals surface area contributed by atoms with E-state index in [1.54, 1.807) is 0 Å². The number of hydrogen-bond acceptors (Lipinski definition) is 4. The standard InChI is InChI=1S/C10H14O4/c1-9-4-5(8(11)12-3)10(2,14-9)7-6(9)13-7/h5-7H,4H2,1-3H3/t5-,6-,7+,9+,10-/m0/s1. The number of ether oxygens (including phenoxy) is 3. The number of carbonyl (C=O) groups excluding carboxylic acids is 1. The smallest absolute Gasteiger partial charge is 0.311 e. The average molecular weight is 198 g/mol. The highest BCUT2D eigenvalue weighted by Crippen LogP contribution is 2.63. The van der Waals surface area contributed by atoms with Crippen molar-refractivity contribution < 1.29 is 19.0 Å². The van der Waals surface area contributed by atoms with Gasteiger partial charge in [0.15, 0.2) is 0 Å². The summed E-state index contributed by atoms with van der Waals surface area (Å²) in [5.41, 5.74) is -0.717. The monoisotopic (exact) mass is 198 g/mol. The van der Waals surface area contributed by atoms with Crippen LogP contribution in [0.5, 0.6) is 0 Å². The van der Waals surface area contributed by atoms with Crippen LogP contribution in [0, 0.1) is 5.92 Å². The van der Waals surface area contributed by atoms with Crippen molar-refractivity contribution in [1.29, 1.82) is 0 Å². The number of hydrogen-bond donors (Lipinski definition) is 0. The molecule has 14 heavy (non-hydrogen) atoms. The minimum Gasteiger partial charge on any atom is -0.469 e. The molecule has 4 nitrogen and oxygen atoms in total. The highest BCUT2D eigenvalue weighted by molar-refractivity contribution is 5.75. The largest absolute Gasteiger partial charge is 0.469 e. The Labute approximate surface area is 82.5 Å². The van der Waals surface area contributed by atoms with Gasteiger partial charge >= 0.3 is 5.97 Å². The Balaban J connectivity index is 1.95. The molecule has 0 aromatic heterocycles. The molecule has 0 unspecified atom stereocenters. The van der Waals surface area contributed by atoms with Crippen LogP contribution in [0.25, 0.3) is 0 Å². The Kier molecular flexibility index (Phi) is 1.33. The van der Waals surface area contributed by atoms with E-state index >= 15 is 0 Å². The molecule has 3 rings (SSSR count). The molecule has 0 N–H and O–H groups in total. The summed E-state index contributed by atoms with van der Waals surface area (Å²) in [6, 6.07) is 0. The van der Waals surface area contributed by atoms with Gasteiger partial charge in [0, 0.05) is 0 Å². The van der Waals surface area contributed by atoms with Gasteiger partial charge in [-0.25, -0.2) is 0 Å². The molecule has 0 aromatic carbocycles. The lowest BCUT2D eigenvalue weighted by Gasteiger charge is -2.25. The number of epoxide rings is 1. The van der Waals surface area contributed by atoms with Gasteiger partial charge in [0.1, 0.15) is 17.8 Å². The zero-order valence-electron chi connectivity index (χ0n) is 8.57. The molecule has 2 bridgehead atoms. The minimum atomic E-state index is -0.452. The van der Waals surface area contributed by atoms with Gasteiger partial charge in [-0.15, -0.1) is 0 Å². The SMILES string of the molecule is COC(=O)[C@@H]1C[C@@]2(C)O[C@]1(C)[C@@H]1O[C@@H]12. The highest BCUT2D eigenvalue weighted by Gasteiger charge is 2.78. The Morgan fingerprint density at radius 2 is 2.14 bits per heavy atom. The van der Waals surface area contributed by atoms with Crippen molar-refractivity contribution in [3.8, 4) is 0 Å². The molecule has 0 aliphatic carbocycles. The van der Waals surface area contributed by atoms with Crippen LogP contribution in [0.4, 0.5) is 0 Å². The molecule has 3 aliphatic heterocycles. The van der Waals surface area contributed by atoms with Crippen molar-refractivity contribution in [3.05, 3.63) is 0 Å². The molecule has 3 fully saturated rings. The Bertz CT molecular complexity index is 315. The second kappa shape index (κ2) is 2.14. The first-order chi connectivity index (χ1) is 6.51. The predicted molar refractivity (Wildman–Crippen MR) is 46.7 cm³/mol. The van der Waals surface area contributed by atoms with Crippen LogP contribution in [-0.4, -0.2) is 36.5 Å². The van der Waals surface area contributed by atoms with Crippen LogP contribution in [0.3, 0.4) is 0 Å². The third kappa shape index (κ3) is 0.754. The van der Waals surface area contributed by atoms with E-state index in [-0.39, 0.29) is 29.7 Å². The number of fused-ring (bicyclic) bond motifs is 5. The number of esters is 1. The summed E-state index contributed by atoms with van der Waals surface area (Å²) in [4.78, 5) is 11.6. The van der Waals surface area contributed by atoms with E-state index in [1.165, 1.54) is 7.11 Å². The van der Waals surface area contributed by atoms with Crippen molar-refractivity contribution in [3.63, 3.8) is 0 Å². The fourth-order valence-corrected chi connectivity index (χ4v) is 3.13. The predicted octanol–water partition coefficient (Wildman–Crippen LogP) is 0.494. The van der Waals surface area contributed by atoms with E-state index < -0.39 is 5.60 Å². The average Bonchev–Trinajstić information content (AvgIpc) is 2.85. The van der Waals surface area contributed by atoms with Gasteiger partial charge in [0.05, 0.1) is 18.6 Å². The van der Waals surface area contributed by atoms with E-state index in [2.05, 4.69) is 0 Å². The molecule has 4 heteroatoms. The Morgan fingerprint density at radius 3 is 2.64 bits per heavy atom. The van der Waals surface area contributed by atoms with Crippen LogP contribution in [0.1, 0.15) is 20.3 Å². The fourth-order valence-electron chi connectivity index (χ4n) is 3.13. The van der Waals surface area contributed by atoms with Crippen LogP contribution >= 0.6 is 0 Å². The first-order valence-corrected chi connectivity index (χ1v) is 4.95. The summed E-state index contributed by atoms with van der Waals surface area (Å²) in [7, 11) is 1.42. The number of carbonyl (C=O) groups is 1. The summed E-state index contributed by atoms with van der Waals surface area (Å²) in [6.07, 6.45) is 1.02. The van der Waals surface area contributed by atoms with Gasteiger partial charge < -0.3 is 14.2 Å². The topological polar surface area (TPSA) is 48.1 Å². The summed E-state index contributed by atoms with van der Waals surface area (Å²) >= 11 is 0. The maximum atomic E-state index is 11.6. The lowest BCUT2D eigenvalue weighted by atomic mass is 9.75. The summed E-state index contributed by atoms with van der Waals surface area (Å²) in [5.74, 6) is -0.341. The molecule has 78 valence electrons. The van der Waals surface area contributed by atoms with E-state index in [0.29, 0.717) is 0 Å². The van der Waals surface area contributed by atoms with E-state index in [1.807, 2.05) is 13.8 Å². The summed E-state index contributed by atoms with van der Waals surface area (Å²) in [6.45, 7) is 3.98. The normalized spacial score (nSPS) is 58.4. The van der Waals surface area contributed by atoms with Crippen molar-refractivity contribution in [2.45, 2.75) is 43.7 Å². The van der Waals surface area contributed by atoms with E-state index in [4.69, 9.17) is 14.2 Å². The molecule has 3 heterocycles. The summed E-state index contributed by atoms with van der Waals surface area (Å²) < 4.78 is 16.2. The fraction of sp³-hybridized carbons (Fsp3) is 0.900. The van der Waals surface area contributed by atoms with E-state index in [0.717, 1.165) is 6.42 Å². The first kappa shape index (κ1) is 8.68. The lowest BCUT2D eigenvalue weighted by molar-refractivity contribution is -0.154. The maximum Gasteiger partial charge on any atom is 0.311 e. The molecular weight excluding hydrogens is 184 g/mol. The van der Waals surface area contributed by atoms with Crippen LogP contribution in [0.2, 0.25) is 0 Å². The van der Waals surface area contributed by atoms with Crippen LogP contribution < -0.4 is 0 Å². The van der Waals surface area contributed by atoms with E-state index in [9.17, 15) is 4.79 Å². The minimum absolute atomic E-state index is 0.102. The molecular formula is C10H14O4. The Morgan fingerprint density at radius 1 is 1.43 bits per heavy atom. The second-order valence-electron chi connectivity index (χ2n) is 4.86. The second-order valence-corrected chi connectivity index (χ2v) is 4.86. The zero-order chi connectivity index (χ0) is 10.1. The molecule has 0 amide bonds. The molecule has 0 aromatic rings. The molecule has 3 aliphatic rings. The van der Waals surface area contributed by atoms with Crippen molar-refractivity contribution in [2.75, 3.05) is 7.11 Å². The number of rotatable bonds is 1. The molecule has 0 spiro atoms. The van der Waals surface area contributed by atoms with Gasteiger partial charge in [-0.05, 0) is 20.3 Å². The van der Waals surface area contributed by atoms with Gasteiger partial charge in [0.25, 0.3) is 0 Å². The quantitative estimate of drug-likeness (QED) is 0.454. The van der Waals surface area contributed by atoms with Crippen molar-refractivity contribution in [1.82, 2.24) is 0 Å². The van der Waals surface area contributed by atoms with Gasteiger partial charge in [-0.2, -0.15) is 0 Å². The number of methoxy groups -OCH3 is 1. The maximum absolute atomic E-state index is 11.6. The molecule has 5 atom stereocenters. The van der Waals surface area contributed by atoms with Gasteiger partial charge in [0.2, 0.25) is 0 Å². The molecule has 0 radical (unpaired) electrons. The van der Waals surface area contributed by atoms with Gasteiger partial charge in [-0.1, -0.05) is 0 Å². The third-order valence-electron chi connectivity index (χ3n) is 3.90. The van der Waals surface area contributed by atoms with Crippen LogP contribution in [-0.2, 0) is 19.0 Å². The third-order valence-corrected chi connectivity index (χ3v) is 3.90. The first-order valence-electron chi connectivity index (χ1n) is 4.95. The van der Waals surface area contributed by atoms with Crippen molar-refractivity contribution in [2.24, 2.45) is 5.92 Å². The Hall–Kier alpha value is -0.610. The molecule has 3 saturated heterocycles. The van der Waals surface area contributed by atoms with Crippen molar-refractivity contribution >= 4 is 5.97 Å². The van der Waals surface area contributed by atoms with Gasteiger partial charge in [-0.3, -0.25) is 4.79 Å². The lowest BCUT2D eigenvalue weighted by Crippen LogP contribution is -2.42. The summed E-state index contributed by atoms with van der Waals surface area (Å²) in [5, 5.41) is 0. The molecule has 0 saturated carbocycles.